The van der Waals surface area contributed by atoms with Crippen molar-refractivity contribution in [2.45, 2.75) is 12.8 Å². The smallest absolute Gasteiger partial charge is 0.253 e. The molecule has 0 N–H and O–H groups in total. The van der Waals surface area contributed by atoms with Crippen molar-refractivity contribution in [2.75, 3.05) is 19.7 Å². The number of halogens is 1. The lowest BCUT2D eigenvalue weighted by molar-refractivity contribution is 0.0633. The highest BCUT2D eigenvalue weighted by Crippen LogP contribution is 2.21. The molecule has 0 aliphatic carbocycles. The number of nitrogens with zero attached hydrogens (tertiary/aromatic N) is 3. The van der Waals surface area contributed by atoms with Crippen LogP contribution >= 0.6 is 0 Å². The predicted molar refractivity (Wildman–Crippen MR) is 104 cm³/mol. The van der Waals surface area contributed by atoms with Crippen molar-refractivity contribution in [3.63, 3.8) is 0 Å². The van der Waals surface area contributed by atoms with Crippen LogP contribution in [0.5, 0.6) is 5.75 Å². The van der Waals surface area contributed by atoms with Crippen LogP contribution in [0.1, 0.15) is 23.2 Å². The van der Waals surface area contributed by atoms with Crippen molar-refractivity contribution in [3.8, 4) is 11.4 Å². The van der Waals surface area contributed by atoms with E-state index in [-0.39, 0.29) is 17.6 Å². The van der Waals surface area contributed by atoms with Gasteiger partial charge in [-0.25, -0.2) is 9.07 Å². The van der Waals surface area contributed by atoms with Gasteiger partial charge in [0.2, 0.25) is 0 Å². The van der Waals surface area contributed by atoms with Crippen molar-refractivity contribution in [1.29, 1.82) is 0 Å². The Labute approximate surface area is 163 Å². The van der Waals surface area contributed by atoms with Crippen LogP contribution in [-0.4, -0.2) is 40.3 Å². The van der Waals surface area contributed by atoms with E-state index in [0.717, 1.165) is 25.1 Å². The highest BCUT2D eigenvalue weighted by Gasteiger charge is 2.25. The fourth-order valence-electron chi connectivity index (χ4n) is 3.54. The van der Waals surface area contributed by atoms with Gasteiger partial charge in [0.1, 0.15) is 11.6 Å². The van der Waals surface area contributed by atoms with Crippen LogP contribution in [0.2, 0.25) is 0 Å². The molecule has 4 rings (SSSR count). The van der Waals surface area contributed by atoms with Gasteiger partial charge in [-0.3, -0.25) is 4.79 Å². The number of benzene rings is 2. The van der Waals surface area contributed by atoms with Gasteiger partial charge in [-0.05, 0) is 49.2 Å². The molecule has 0 unspecified atom stereocenters. The van der Waals surface area contributed by atoms with E-state index < -0.39 is 0 Å². The third kappa shape index (κ3) is 4.22. The van der Waals surface area contributed by atoms with Crippen molar-refractivity contribution >= 4 is 5.91 Å². The van der Waals surface area contributed by atoms with Crippen LogP contribution in [0, 0.1) is 11.7 Å². The first-order valence-electron chi connectivity index (χ1n) is 9.47. The molecule has 1 atom stereocenters. The van der Waals surface area contributed by atoms with Gasteiger partial charge in [0.15, 0.2) is 0 Å². The first-order valence-corrected chi connectivity index (χ1v) is 9.47. The lowest BCUT2D eigenvalue weighted by atomic mass is 9.98. The number of hydrogen-bond acceptors (Lipinski definition) is 3. The number of ether oxygens (including phenoxy) is 1. The Balaban J connectivity index is 1.40. The highest BCUT2D eigenvalue weighted by molar-refractivity contribution is 5.94. The summed E-state index contributed by atoms with van der Waals surface area (Å²) in [7, 11) is 0. The van der Waals surface area contributed by atoms with Gasteiger partial charge in [-0.1, -0.05) is 12.1 Å². The second kappa shape index (κ2) is 8.25. The monoisotopic (exact) mass is 379 g/mol. The second-order valence-corrected chi connectivity index (χ2v) is 7.03. The molecule has 6 heteroatoms. The molecular formula is C22H22FN3O2. The average molecular weight is 379 g/mol. The molecule has 2 aromatic carbocycles. The zero-order valence-electron chi connectivity index (χ0n) is 15.5. The van der Waals surface area contributed by atoms with E-state index in [1.165, 1.54) is 12.1 Å². The Morgan fingerprint density at radius 2 is 2.07 bits per heavy atom. The van der Waals surface area contributed by atoms with Crippen molar-refractivity contribution in [1.82, 2.24) is 14.7 Å². The fraction of sp³-hybridized carbons (Fsp3) is 0.273. The summed E-state index contributed by atoms with van der Waals surface area (Å²) < 4.78 is 20.8. The predicted octanol–water partition coefficient (Wildman–Crippen LogP) is 3.94. The van der Waals surface area contributed by atoms with Crippen LogP contribution in [-0.2, 0) is 0 Å². The largest absolute Gasteiger partial charge is 0.493 e. The molecule has 1 aliphatic rings. The maximum absolute atomic E-state index is 13.3. The van der Waals surface area contributed by atoms with E-state index in [9.17, 15) is 9.18 Å². The maximum Gasteiger partial charge on any atom is 0.253 e. The average Bonchev–Trinajstić information content (AvgIpc) is 3.27. The molecule has 3 aromatic rings. The lowest BCUT2D eigenvalue weighted by Crippen LogP contribution is -2.41. The molecule has 144 valence electrons. The summed E-state index contributed by atoms with van der Waals surface area (Å²) in [5.41, 5.74) is 1.51. The molecule has 1 aliphatic heterocycles. The summed E-state index contributed by atoms with van der Waals surface area (Å²) in [4.78, 5) is 14.9. The number of carbonyl (C=O) groups excluding carboxylic acids is 1. The fourth-order valence-corrected chi connectivity index (χ4v) is 3.54. The van der Waals surface area contributed by atoms with Crippen LogP contribution in [0.15, 0.2) is 67.0 Å². The Bertz CT molecular complexity index is 942. The third-order valence-electron chi connectivity index (χ3n) is 4.95. The summed E-state index contributed by atoms with van der Waals surface area (Å²) in [6.07, 6.45) is 5.49. The normalized spacial score (nSPS) is 16.8. The quantitative estimate of drug-likeness (QED) is 0.675. The minimum atomic E-state index is -0.310. The van der Waals surface area contributed by atoms with Crippen LogP contribution in [0.3, 0.4) is 0 Å². The Kier molecular flexibility index (Phi) is 5.37. The standard InChI is InChI=1S/C22H22FN3O2/c23-19-7-2-9-21(14-19)28-16-17-5-3-11-25(15-17)22(27)18-6-1-8-20(13-18)26-12-4-10-24-26/h1-2,4,6-10,12-14,17H,3,5,11,15-16H2/t17-/m1/s1. The molecule has 0 saturated carbocycles. The molecule has 1 fully saturated rings. The third-order valence-corrected chi connectivity index (χ3v) is 4.95. The molecule has 1 aromatic heterocycles. The number of aromatic nitrogens is 2. The molecule has 0 spiro atoms. The number of piperidine rings is 1. The lowest BCUT2D eigenvalue weighted by Gasteiger charge is -2.32. The van der Waals surface area contributed by atoms with E-state index in [1.54, 1.807) is 23.0 Å². The van der Waals surface area contributed by atoms with Crippen molar-refractivity contribution in [2.24, 2.45) is 5.92 Å². The van der Waals surface area contributed by atoms with Gasteiger partial charge in [0, 0.05) is 43.0 Å². The summed E-state index contributed by atoms with van der Waals surface area (Å²) in [6, 6.07) is 15.5. The zero-order valence-corrected chi connectivity index (χ0v) is 15.5. The summed E-state index contributed by atoms with van der Waals surface area (Å²) in [6.45, 7) is 1.85. The Hall–Kier alpha value is -3.15. The number of hydrogen-bond donors (Lipinski definition) is 0. The summed E-state index contributed by atoms with van der Waals surface area (Å²) in [5.74, 6) is 0.463. The first kappa shape index (κ1) is 18.2. The highest BCUT2D eigenvalue weighted by atomic mass is 19.1. The first-order chi connectivity index (χ1) is 13.7. The van der Waals surface area contributed by atoms with E-state index in [4.69, 9.17) is 4.74 Å². The second-order valence-electron chi connectivity index (χ2n) is 7.03. The molecule has 5 nitrogen and oxygen atoms in total. The minimum absolute atomic E-state index is 0.0180. The van der Waals surface area contributed by atoms with Crippen LogP contribution in [0.4, 0.5) is 4.39 Å². The molecular weight excluding hydrogens is 357 g/mol. The molecule has 2 heterocycles. The Morgan fingerprint density at radius 1 is 1.18 bits per heavy atom. The van der Waals surface area contributed by atoms with E-state index in [2.05, 4.69) is 5.10 Å². The Morgan fingerprint density at radius 3 is 2.89 bits per heavy atom. The number of rotatable bonds is 5. The van der Waals surface area contributed by atoms with E-state index >= 15 is 0 Å². The van der Waals surface area contributed by atoms with Crippen molar-refractivity contribution in [3.05, 3.63) is 78.4 Å². The van der Waals surface area contributed by atoms with Crippen LogP contribution < -0.4 is 4.74 Å². The molecule has 0 radical (unpaired) electrons. The van der Waals surface area contributed by atoms with Gasteiger partial charge in [-0.15, -0.1) is 0 Å². The van der Waals surface area contributed by atoms with Gasteiger partial charge in [-0.2, -0.15) is 5.10 Å². The van der Waals surface area contributed by atoms with Gasteiger partial charge < -0.3 is 9.64 Å². The molecule has 0 bridgehead atoms. The van der Waals surface area contributed by atoms with Crippen molar-refractivity contribution < 1.29 is 13.9 Å². The maximum atomic E-state index is 13.3. The summed E-state index contributed by atoms with van der Waals surface area (Å²) in [5, 5.41) is 4.22. The SMILES string of the molecule is O=C(c1cccc(-n2cccn2)c1)N1CCC[C@@H](COc2cccc(F)c2)C1. The van der Waals surface area contributed by atoms with E-state index in [1.807, 2.05) is 41.4 Å². The summed E-state index contributed by atoms with van der Waals surface area (Å²) >= 11 is 0. The van der Waals surface area contributed by atoms with Crippen LogP contribution in [0.25, 0.3) is 5.69 Å². The number of carbonyl (C=O) groups is 1. The number of amides is 1. The van der Waals surface area contributed by atoms with Gasteiger partial charge >= 0.3 is 0 Å². The molecule has 1 amide bonds. The molecule has 1 saturated heterocycles. The van der Waals surface area contributed by atoms with Gasteiger partial charge in [0.25, 0.3) is 5.91 Å². The number of likely N-dealkylation sites (tertiary alicyclic amines) is 1. The minimum Gasteiger partial charge on any atom is -0.493 e. The van der Waals surface area contributed by atoms with Gasteiger partial charge in [0.05, 0.1) is 12.3 Å². The topological polar surface area (TPSA) is 47.4 Å². The van der Waals surface area contributed by atoms with E-state index in [0.29, 0.717) is 24.5 Å². The zero-order chi connectivity index (χ0) is 19.3. The molecule has 28 heavy (non-hydrogen) atoms.